The first-order valence-corrected chi connectivity index (χ1v) is 5.55. The summed E-state index contributed by atoms with van der Waals surface area (Å²) in [7, 11) is 0. The van der Waals surface area contributed by atoms with Crippen molar-refractivity contribution in [3.05, 3.63) is 33.2 Å². The largest absolute Gasteiger partial charge is 0.363 e. The summed E-state index contributed by atoms with van der Waals surface area (Å²) in [5, 5.41) is 3.32. The summed E-state index contributed by atoms with van der Waals surface area (Å²) in [5.41, 5.74) is 2.77. The van der Waals surface area contributed by atoms with Crippen LogP contribution in [-0.2, 0) is 6.54 Å². The predicted molar refractivity (Wildman–Crippen MR) is 77.6 cm³/mol. The number of nitrogens with one attached hydrogen (secondary N) is 2. The second-order valence-electron chi connectivity index (χ2n) is 3.93. The number of pyridine rings is 1. The van der Waals surface area contributed by atoms with Crippen LogP contribution in [0.15, 0.2) is 11.0 Å². The number of halogens is 2. The first kappa shape index (κ1) is 18.8. The standard InChI is InChI=1S/C12H20N2O.2ClH/c1-4-5-6-13-8-11-10(3)12(15)9(2)7-14-11;;/h7,13H,4-6,8H2,1-3H3,(H,14,15);2*1H. The molecule has 0 bridgehead atoms. The molecule has 0 atom stereocenters. The monoisotopic (exact) mass is 280 g/mol. The van der Waals surface area contributed by atoms with Gasteiger partial charge in [0.05, 0.1) is 0 Å². The lowest BCUT2D eigenvalue weighted by molar-refractivity contribution is 0.630. The number of aryl methyl sites for hydroxylation is 1. The Morgan fingerprint density at radius 2 is 1.94 bits per heavy atom. The van der Waals surface area contributed by atoms with Crippen LogP contribution in [0.4, 0.5) is 0 Å². The third-order valence-corrected chi connectivity index (χ3v) is 2.62. The van der Waals surface area contributed by atoms with Gasteiger partial charge in [0.25, 0.3) is 0 Å². The van der Waals surface area contributed by atoms with Crippen LogP contribution in [0.3, 0.4) is 0 Å². The normalized spacial score (nSPS) is 9.35. The predicted octanol–water partition coefficient (Wildman–Crippen LogP) is 2.73. The molecule has 1 heterocycles. The van der Waals surface area contributed by atoms with E-state index in [1.807, 2.05) is 13.8 Å². The molecule has 0 aliphatic rings. The van der Waals surface area contributed by atoms with Crippen molar-refractivity contribution in [1.82, 2.24) is 10.3 Å². The molecule has 100 valence electrons. The van der Waals surface area contributed by atoms with E-state index in [-0.39, 0.29) is 30.2 Å². The molecule has 0 aromatic carbocycles. The van der Waals surface area contributed by atoms with Crippen molar-refractivity contribution < 1.29 is 0 Å². The molecule has 0 saturated carbocycles. The number of rotatable bonds is 5. The zero-order valence-electron chi connectivity index (χ0n) is 10.6. The topological polar surface area (TPSA) is 44.9 Å². The number of hydrogen-bond donors (Lipinski definition) is 2. The van der Waals surface area contributed by atoms with Crippen LogP contribution < -0.4 is 10.7 Å². The van der Waals surface area contributed by atoms with Crippen molar-refractivity contribution in [1.29, 1.82) is 0 Å². The van der Waals surface area contributed by atoms with Gasteiger partial charge in [-0.1, -0.05) is 13.3 Å². The molecule has 1 rings (SSSR count). The summed E-state index contributed by atoms with van der Waals surface area (Å²) in [6.07, 6.45) is 4.15. The lowest BCUT2D eigenvalue weighted by Crippen LogP contribution is -2.20. The SMILES string of the molecule is CCCCNCc1[nH]cc(C)c(=O)c1C.Cl.Cl. The molecule has 5 heteroatoms. The maximum atomic E-state index is 11.6. The van der Waals surface area contributed by atoms with Crippen LogP contribution in [0.5, 0.6) is 0 Å². The fourth-order valence-corrected chi connectivity index (χ4v) is 1.50. The van der Waals surface area contributed by atoms with Gasteiger partial charge in [0.2, 0.25) is 0 Å². The van der Waals surface area contributed by atoms with Crippen LogP contribution >= 0.6 is 24.8 Å². The minimum absolute atomic E-state index is 0. The molecule has 3 nitrogen and oxygen atoms in total. The minimum atomic E-state index is 0. The highest BCUT2D eigenvalue weighted by Gasteiger charge is 2.03. The molecule has 0 amide bonds. The van der Waals surface area contributed by atoms with Gasteiger partial charge in [-0.25, -0.2) is 0 Å². The van der Waals surface area contributed by atoms with Crippen LogP contribution in [0, 0.1) is 13.8 Å². The maximum Gasteiger partial charge on any atom is 0.187 e. The Morgan fingerprint density at radius 3 is 2.53 bits per heavy atom. The molecule has 1 aromatic heterocycles. The fraction of sp³-hybridized carbons (Fsp3) is 0.583. The van der Waals surface area contributed by atoms with E-state index in [1.165, 1.54) is 12.8 Å². The highest BCUT2D eigenvalue weighted by atomic mass is 35.5. The molecule has 2 N–H and O–H groups in total. The Labute approximate surface area is 115 Å². The molecular formula is C12H22Cl2N2O. The summed E-state index contributed by atoms with van der Waals surface area (Å²) >= 11 is 0. The second kappa shape index (κ2) is 9.51. The lowest BCUT2D eigenvalue weighted by Gasteiger charge is -2.07. The van der Waals surface area contributed by atoms with Gasteiger partial charge >= 0.3 is 0 Å². The van der Waals surface area contributed by atoms with E-state index in [1.54, 1.807) is 6.20 Å². The van der Waals surface area contributed by atoms with Crippen molar-refractivity contribution in [3.8, 4) is 0 Å². The Morgan fingerprint density at radius 1 is 1.29 bits per heavy atom. The molecule has 0 radical (unpaired) electrons. The number of aromatic nitrogens is 1. The van der Waals surface area contributed by atoms with E-state index in [2.05, 4.69) is 17.2 Å². The van der Waals surface area contributed by atoms with Gasteiger partial charge in [-0.3, -0.25) is 4.79 Å². The smallest absolute Gasteiger partial charge is 0.187 e. The Hall–Kier alpha value is -0.510. The van der Waals surface area contributed by atoms with Gasteiger partial charge in [-0.2, -0.15) is 0 Å². The molecule has 0 unspecified atom stereocenters. The molecule has 0 aliphatic heterocycles. The molecule has 0 fully saturated rings. The van der Waals surface area contributed by atoms with Crippen molar-refractivity contribution in [2.75, 3.05) is 6.54 Å². The van der Waals surface area contributed by atoms with Gasteiger partial charge in [-0.05, 0) is 26.8 Å². The van der Waals surface area contributed by atoms with Gasteiger partial charge in [0, 0.05) is 29.6 Å². The summed E-state index contributed by atoms with van der Waals surface area (Å²) in [4.78, 5) is 14.8. The van der Waals surface area contributed by atoms with Gasteiger partial charge < -0.3 is 10.3 Å². The van der Waals surface area contributed by atoms with E-state index in [0.717, 1.165) is 29.9 Å². The number of aromatic amines is 1. The Balaban J connectivity index is 0. The average Bonchev–Trinajstić information content (AvgIpc) is 2.24. The summed E-state index contributed by atoms with van der Waals surface area (Å²) in [6, 6.07) is 0. The highest BCUT2D eigenvalue weighted by Crippen LogP contribution is 2.00. The third kappa shape index (κ3) is 5.57. The van der Waals surface area contributed by atoms with E-state index >= 15 is 0 Å². The van der Waals surface area contributed by atoms with Crippen molar-refractivity contribution >= 4 is 24.8 Å². The third-order valence-electron chi connectivity index (χ3n) is 2.62. The summed E-state index contributed by atoms with van der Waals surface area (Å²) in [5.74, 6) is 0. The lowest BCUT2D eigenvalue weighted by atomic mass is 10.1. The van der Waals surface area contributed by atoms with Crippen LogP contribution in [0.2, 0.25) is 0 Å². The molecule has 0 saturated heterocycles. The van der Waals surface area contributed by atoms with E-state index in [4.69, 9.17) is 0 Å². The fourth-order valence-electron chi connectivity index (χ4n) is 1.50. The van der Waals surface area contributed by atoms with Gasteiger partial charge in [0.15, 0.2) is 5.43 Å². The number of H-pyrrole nitrogens is 1. The summed E-state index contributed by atoms with van der Waals surface area (Å²) in [6.45, 7) is 7.64. The van der Waals surface area contributed by atoms with Crippen LogP contribution in [0.25, 0.3) is 0 Å². The molecule has 17 heavy (non-hydrogen) atoms. The van der Waals surface area contributed by atoms with Gasteiger partial charge in [-0.15, -0.1) is 24.8 Å². The quantitative estimate of drug-likeness (QED) is 0.815. The maximum absolute atomic E-state index is 11.6. The number of unbranched alkanes of at least 4 members (excludes halogenated alkanes) is 1. The summed E-state index contributed by atoms with van der Waals surface area (Å²) < 4.78 is 0. The van der Waals surface area contributed by atoms with Crippen LogP contribution in [-0.4, -0.2) is 11.5 Å². The zero-order chi connectivity index (χ0) is 11.3. The number of hydrogen-bond acceptors (Lipinski definition) is 2. The Bertz CT molecular complexity index is 377. The van der Waals surface area contributed by atoms with Crippen LogP contribution in [0.1, 0.15) is 36.6 Å². The van der Waals surface area contributed by atoms with E-state index < -0.39 is 0 Å². The molecule has 0 spiro atoms. The average molecular weight is 281 g/mol. The minimum Gasteiger partial charge on any atom is -0.363 e. The highest BCUT2D eigenvalue weighted by molar-refractivity contribution is 5.85. The molecular weight excluding hydrogens is 259 g/mol. The Kier molecular flexibility index (Phi) is 10.5. The van der Waals surface area contributed by atoms with E-state index in [9.17, 15) is 4.79 Å². The van der Waals surface area contributed by atoms with E-state index in [0.29, 0.717) is 0 Å². The van der Waals surface area contributed by atoms with Crippen molar-refractivity contribution in [3.63, 3.8) is 0 Å². The van der Waals surface area contributed by atoms with Crippen molar-refractivity contribution in [2.45, 2.75) is 40.2 Å². The first-order valence-electron chi connectivity index (χ1n) is 5.55. The molecule has 1 aromatic rings. The zero-order valence-corrected chi connectivity index (χ0v) is 12.3. The first-order chi connectivity index (χ1) is 7.16. The second-order valence-corrected chi connectivity index (χ2v) is 3.93. The van der Waals surface area contributed by atoms with Crippen molar-refractivity contribution in [2.24, 2.45) is 0 Å². The van der Waals surface area contributed by atoms with Gasteiger partial charge in [0.1, 0.15) is 0 Å². The molecule has 0 aliphatic carbocycles.